The molecule has 0 amide bonds. The Hall–Kier alpha value is 1.12. The maximum Gasteiger partial charge on any atom is 0.0776 e. The molecule has 1 nitrogen and oxygen atoms in total. The van der Waals surface area contributed by atoms with Crippen molar-refractivity contribution in [3.8, 4) is 0 Å². The van der Waals surface area contributed by atoms with Gasteiger partial charge in [-0.15, -0.1) is 46.4 Å². The molecule has 1 aliphatic carbocycles. The highest BCUT2D eigenvalue weighted by molar-refractivity contribution is 6.38. The normalized spacial score (nSPS) is 49.2. The average Bonchev–Trinajstić information content (AvgIpc) is 2.08. The molecule has 1 fully saturated rings. The molecule has 0 aromatic carbocycles. The first-order valence-corrected chi connectivity index (χ1v) is 5.41. The lowest BCUT2D eigenvalue weighted by atomic mass is 9.95. The SMILES string of the molecule is CO[C@H]1C[C@H](Cl)[C@@H](Cl)[C@@H](Cl)[C@@H]1Cl. The van der Waals surface area contributed by atoms with Crippen LogP contribution in [0.3, 0.4) is 0 Å². The van der Waals surface area contributed by atoms with Crippen molar-refractivity contribution in [2.45, 2.75) is 34.0 Å². The molecule has 0 aromatic rings. The molecular weight excluding hydrogens is 242 g/mol. The second-order valence-electron chi connectivity index (χ2n) is 2.86. The highest BCUT2D eigenvalue weighted by Gasteiger charge is 2.41. The van der Waals surface area contributed by atoms with Crippen LogP contribution in [-0.2, 0) is 4.74 Å². The van der Waals surface area contributed by atoms with E-state index in [4.69, 9.17) is 51.1 Å². The number of hydrogen-bond donors (Lipinski definition) is 0. The van der Waals surface area contributed by atoms with Crippen molar-refractivity contribution < 1.29 is 4.74 Å². The van der Waals surface area contributed by atoms with Crippen LogP contribution in [0, 0.1) is 0 Å². The Balaban J connectivity index is 2.63. The summed E-state index contributed by atoms with van der Waals surface area (Å²) in [5.74, 6) is 0. The van der Waals surface area contributed by atoms with Gasteiger partial charge in [-0.1, -0.05) is 0 Å². The van der Waals surface area contributed by atoms with E-state index in [0.29, 0.717) is 6.42 Å². The summed E-state index contributed by atoms with van der Waals surface area (Å²) in [6, 6.07) is 0. The molecule has 5 heteroatoms. The average molecular weight is 252 g/mol. The first kappa shape index (κ1) is 11.2. The number of methoxy groups -OCH3 is 1. The van der Waals surface area contributed by atoms with Gasteiger partial charge in [-0.05, 0) is 6.42 Å². The Labute approximate surface area is 92.2 Å². The number of halogens is 4. The van der Waals surface area contributed by atoms with Gasteiger partial charge >= 0.3 is 0 Å². The van der Waals surface area contributed by atoms with E-state index in [1.807, 2.05) is 0 Å². The van der Waals surface area contributed by atoms with Crippen molar-refractivity contribution in [2.24, 2.45) is 0 Å². The molecule has 0 saturated heterocycles. The highest BCUT2D eigenvalue weighted by Crippen LogP contribution is 2.35. The molecule has 12 heavy (non-hydrogen) atoms. The van der Waals surface area contributed by atoms with Crippen molar-refractivity contribution in [3.63, 3.8) is 0 Å². The van der Waals surface area contributed by atoms with Gasteiger partial charge < -0.3 is 4.74 Å². The maximum absolute atomic E-state index is 5.99. The predicted octanol–water partition coefficient (Wildman–Crippen LogP) is 2.83. The zero-order chi connectivity index (χ0) is 9.30. The van der Waals surface area contributed by atoms with Gasteiger partial charge in [0.1, 0.15) is 0 Å². The Morgan fingerprint density at radius 1 is 1.00 bits per heavy atom. The molecule has 1 aliphatic rings. The van der Waals surface area contributed by atoms with E-state index in [2.05, 4.69) is 0 Å². The van der Waals surface area contributed by atoms with E-state index in [-0.39, 0.29) is 27.6 Å². The zero-order valence-electron chi connectivity index (χ0n) is 6.51. The third kappa shape index (κ3) is 2.13. The Morgan fingerprint density at radius 3 is 2.08 bits per heavy atom. The van der Waals surface area contributed by atoms with Gasteiger partial charge in [0.05, 0.1) is 27.6 Å². The lowest BCUT2D eigenvalue weighted by Gasteiger charge is -2.36. The molecule has 0 aromatic heterocycles. The topological polar surface area (TPSA) is 9.23 Å². The van der Waals surface area contributed by atoms with Crippen LogP contribution in [0.4, 0.5) is 0 Å². The molecule has 0 radical (unpaired) electrons. The number of hydrogen-bond acceptors (Lipinski definition) is 1. The summed E-state index contributed by atoms with van der Waals surface area (Å²) in [6.45, 7) is 0. The van der Waals surface area contributed by atoms with Gasteiger partial charge in [0.25, 0.3) is 0 Å². The van der Waals surface area contributed by atoms with Gasteiger partial charge in [-0.2, -0.15) is 0 Å². The fourth-order valence-electron chi connectivity index (χ4n) is 1.29. The predicted molar refractivity (Wildman–Crippen MR) is 54.0 cm³/mol. The minimum atomic E-state index is -0.325. The largest absolute Gasteiger partial charge is 0.380 e. The molecule has 1 saturated carbocycles. The molecule has 72 valence electrons. The smallest absolute Gasteiger partial charge is 0.0776 e. The van der Waals surface area contributed by atoms with Crippen LogP contribution in [0.25, 0.3) is 0 Å². The third-order valence-electron chi connectivity index (χ3n) is 2.07. The van der Waals surface area contributed by atoms with Gasteiger partial charge in [0.2, 0.25) is 0 Å². The molecule has 0 bridgehead atoms. The van der Waals surface area contributed by atoms with E-state index < -0.39 is 0 Å². The van der Waals surface area contributed by atoms with Crippen molar-refractivity contribution in [3.05, 3.63) is 0 Å². The van der Waals surface area contributed by atoms with Gasteiger partial charge in [-0.3, -0.25) is 0 Å². The van der Waals surface area contributed by atoms with E-state index >= 15 is 0 Å². The molecule has 5 atom stereocenters. The van der Waals surface area contributed by atoms with E-state index in [1.54, 1.807) is 7.11 Å². The summed E-state index contributed by atoms with van der Waals surface area (Å²) in [7, 11) is 1.60. The minimum Gasteiger partial charge on any atom is -0.380 e. The van der Waals surface area contributed by atoms with Gasteiger partial charge in [0, 0.05) is 7.11 Å². The molecular formula is C7H10Cl4O. The van der Waals surface area contributed by atoms with Crippen molar-refractivity contribution in [1.29, 1.82) is 0 Å². The first-order valence-electron chi connectivity index (χ1n) is 3.67. The minimum absolute atomic E-state index is 0.0910. The Kier molecular flexibility index (Phi) is 4.26. The summed E-state index contributed by atoms with van der Waals surface area (Å²) in [4.78, 5) is 0. The molecule has 0 aliphatic heterocycles. The molecule has 1 rings (SSSR count). The molecule has 0 spiro atoms. The zero-order valence-corrected chi connectivity index (χ0v) is 9.54. The van der Waals surface area contributed by atoms with Crippen LogP contribution in [0.2, 0.25) is 0 Å². The van der Waals surface area contributed by atoms with Crippen LogP contribution in [0.5, 0.6) is 0 Å². The number of rotatable bonds is 1. The lowest BCUT2D eigenvalue weighted by molar-refractivity contribution is 0.0778. The fourth-order valence-corrected chi connectivity index (χ4v) is 2.73. The highest BCUT2D eigenvalue weighted by atomic mass is 35.5. The summed E-state index contributed by atoms with van der Waals surface area (Å²) >= 11 is 23.8. The van der Waals surface area contributed by atoms with Gasteiger partial charge in [-0.25, -0.2) is 0 Å². The van der Waals surface area contributed by atoms with Crippen LogP contribution in [0.15, 0.2) is 0 Å². The van der Waals surface area contributed by atoms with E-state index in [9.17, 15) is 0 Å². The van der Waals surface area contributed by atoms with Crippen molar-refractivity contribution in [2.75, 3.05) is 7.11 Å². The summed E-state index contributed by atoms with van der Waals surface area (Å²) in [6.07, 6.45) is 0.565. The fraction of sp³-hybridized carbons (Fsp3) is 1.00. The number of ether oxygens (including phenoxy) is 1. The van der Waals surface area contributed by atoms with Crippen LogP contribution < -0.4 is 0 Å². The van der Waals surface area contributed by atoms with Crippen LogP contribution in [-0.4, -0.2) is 34.7 Å². The third-order valence-corrected chi connectivity index (χ3v) is 4.58. The van der Waals surface area contributed by atoms with Gasteiger partial charge in [0.15, 0.2) is 0 Å². The molecule has 0 heterocycles. The first-order chi connectivity index (χ1) is 5.57. The van der Waals surface area contributed by atoms with Crippen molar-refractivity contribution in [1.82, 2.24) is 0 Å². The molecule has 0 unspecified atom stereocenters. The Bertz CT molecular complexity index is 150. The Morgan fingerprint density at radius 2 is 1.58 bits per heavy atom. The second kappa shape index (κ2) is 4.56. The number of alkyl halides is 4. The summed E-state index contributed by atoms with van der Waals surface area (Å²) < 4.78 is 5.13. The standard InChI is InChI=1S/C7H10Cl4O/c1-12-4-2-3(8)5(9)7(11)6(4)10/h3-7H,2H2,1H3/t3-,4-,5+,6+,7+/m0/s1. The van der Waals surface area contributed by atoms with E-state index in [1.165, 1.54) is 0 Å². The second-order valence-corrected chi connectivity index (χ2v) is 4.93. The summed E-state index contributed by atoms with van der Waals surface area (Å²) in [5, 5.41) is -1.01. The van der Waals surface area contributed by atoms with Crippen LogP contribution in [0.1, 0.15) is 6.42 Å². The molecule has 0 N–H and O–H groups in total. The van der Waals surface area contributed by atoms with Crippen molar-refractivity contribution >= 4 is 46.4 Å². The van der Waals surface area contributed by atoms with Crippen LogP contribution >= 0.6 is 46.4 Å². The maximum atomic E-state index is 5.99. The van der Waals surface area contributed by atoms with E-state index in [0.717, 1.165) is 0 Å². The lowest BCUT2D eigenvalue weighted by Crippen LogP contribution is -2.47. The quantitative estimate of drug-likeness (QED) is 0.652. The summed E-state index contributed by atoms with van der Waals surface area (Å²) in [5.41, 5.74) is 0. The monoisotopic (exact) mass is 250 g/mol.